The first kappa shape index (κ1) is 21.6. The number of ether oxygens (including phenoxy) is 1. The van der Waals surface area contributed by atoms with E-state index in [0.717, 1.165) is 17.1 Å². The van der Waals surface area contributed by atoms with Crippen LogP contribution in [0.1, 0.15) is 0 Å². The van der Waals surface area contributed by atoms with E-state index in [1.165, 1.54) is 65.7 Å². The summed E-state index contributed by atoms with van der Waals surface area (Å²) in [7, 11) is 0. The fourth-order valence-corrected chi connectivity index (χ4v) is 6.64. The van der Waals surface area contributed by atoms with Gasteiger partial charge in [0, 0.05) is 27.4 Å². The van der Waals surface area contributed by atoms with Gasteiger partial charge in [-0.15, -0.1) is 0 Å². The molecule has 186 valence electrons. The van der Waals surface area contributed by atoms with E-state index >= 15 is 0 Å². The molecule has 7 aromatic carbocycles. The lowest BCUT2D eigenvalue weighted by Gasteiger charge is -2.22. The normalized spacial score (nSPS) is 12.2. The number of hydrogen-bond donors (Lipinski definition) is 0. The second kappa shape index (κ2) is 8.08. The molecule has 0 aliphatic carbocycles. The highest BCUT2D eigenvalue weighted by atomic mass is 16.5. The molecule has 0 saturated heterocycles. The first-order valence-electron chi connectivity index (χ1n) is 13.7. The minimum absolute atomic E-state index is 0.915. The van der Waals surface area contributed by atoms with Gasteiger partial charge in [0.05, 0.1) is 11.0 Å². The van der Waals surface area contributed by atoms with Crippen LogP contribution in [0.15, 0.2) is 140 Å². The summed E-state index contributed by atoms with van der Waals surface area (Å²) < 4.78 is 8.74. The first-order valence-corrected chi connectivity index (χ1v) is 13.7. The maximum absolute atomic E-state index is 6.36. The molecule has 0 saturated carbocycles. The minimum atomic E-state index is 0.915. The lowest BCUT2D eigenvalue weighted by atomic mass is 9.89. The maximum Gasteiger partial charge on any atom is 0.135 e. The fraction of sp³-hybridized carbons (Fsp3) is 0. The van der Waals surface area contributed by atoms with E-state index in [1.807, 2.05) is 12.1 Å². The summed E-state index contributed by atoms with van der Waals surface area (Å²) in [5.74, 6) is 1.83. The number of hydrogen-bond acceptors (Lipinski definition) is 1. The van der Waals surface area contributed by atoms with E-state index < -0.39 is 0 Å². The third kappa shape index (κ3) is 2.93. The van der Waals surface area contributed by atoms with Crippen molar-refractivity contribution in [3.8, 4) is 39.4 Å². The molecule has 0 unspecified atom stereocenters. The van der Waals surface area contributed by atoms with E-state index in [2.05, 4.69) is 132 Å². The Morgan fingerprint density at radius 1 is 0.425 bits per heavy atom. The molecule has 8 aromatic rings. The minimum Gasteiger partial charge on any atom is -0.456 e. The van der Waals surface area contributed by atoms with Crippen molar-refractivity contribution in [3.05, 3.63) is 140 Å². The van der Waals surface area contributed by atoms with Crippen LogP contribution in [0.4, 0.5) is 0 Å². The highest BCUT2D eigenvalue weighted by Gasteiger charge is 2.21. The van der Waals surface area contributed by atoms with Crippen LogP contribution in [0.5, 0.6) is 11.5 Å². The Hall–Kier alpha value is -5.34. The van der Waals surface area contributed by atoms with E-state index in [1.54, 1.807) is 0 Å². The van der Waals surface area contributed by atoms with Gasteiger partial charge in [-0.1, -0.05) is 97.1 Å². The maximum atomic E-state index is 6.36. The molecule has 1 aliphatic heterocycles. The van der Waals surface area contributed by atoms with Gasteiger partial charge in [0.1, 0.15) is 11.5 Å². The molecule has 9 rings (SSSR count). The Morgan fingerprint density at radius 2 is 1.20 bits per heavy atom. The van der Waals surface area contributed by atoms with Crippen molar-refractivity contribution in [2.45, 2.75) is 0 Å². The zero-order valence-electron chi connectivity index (χ0n) is 21.6. The Balaban J connectivity index is 1.34. The zero-order chi connectivity index (χ0) is 26.2. The van der Waals surface area contributed by atoms with Crippen molar-refractivity contribution in [2.24, 2.45) is 0 Å². The molecule has 0 fully saturated rings. The van der Waals surface area contributed by atoms with Crippen LogP contribution in [-0.2, 0) is 0 Å². The molecule has 2 nitrogen and oxygen atoms in total. The van der Waals surface area contributed by atoms with Crippen molar-refractivity contribution in [1.29, 1.82) is 0 Å². The zero-order valence-corrected chi connectivity index (χ0v) is 21.6. The van der Waals surface area contributed by atoms with Gasteiger partial charge in [-0.2, -0.15) is 0 Å². The largest absolute Gasteiger partial charge is 0.456 e. The van der Waals surface area contributed by atoms with E-state index in [-0.39, 0.29) is 0 Å². The summed E-state index contributed by atoms with van der Waals surface area (Å²) >= 11 is 0. The number of nitrogens with zero attached hydrogens (tertiary/aromatic N) is 1. The number of aromatic nitrogens is 1. The lowest BCUT2D eigenvalue weighted by Crippen LogP contribution is -1.97. The van der Waals surface area contributed by atoms with E-state index in [9.17, 15) is 0 Å². The van der Waals surface area contributed by atoms with Crippen LogP contribution in [0.25, 0.3) is 71.3 Å². The van der Waals surface area contributed by atoms with Crippen molar-refractivity contribution >= 4 is 43.4 Å². The smallest absolute Gasteiger partial charge is 0.135 e. The summed E-state index contributed by atoms with van der Waals surface area (Å²) in [6.45, 7) is 0. The van der Waals surface area contributed by atoms with Gasteiger partial charge < -0.3 is 9.30 Å². The van der Waals surface area contributed by atoms with Gasteiger partial charge in [-0.05, 0) is 75.3 Å². The van der Waals surface area contributed by atoms with Crippen LogP contribution in [0, 0.1) is 0 Å². The highest BCUT2D eigenvalue weighted by Crippen LogP contribution is 2.48. The molecule has 0 bridgehead atoms. The monoisotopic (exact) mass is 509 g/mol. The molecule has 2 heterocycles. The molecule has 0 atom stereocenters. The summed E-state index contributed by atoms with van der Waals surface area (Å²) in [6.07, 6.45) is 0. The van der Waals surface area contributed by atoms with Crippen molar-refractivity contribution in [1.82, 2.24) is 4.57 Å². The Labute approximate surface area is 231 Å². The quantitative estimate of drug-likeness (QED) is 0.226. The van der Waals surface area contributed by atoms with Gasteiger partial charge in [0.15, 0.2) is 0 Å². The Kier molecular flexibility index (Phi) is 4.36. The van der Waals surface area contributed by atoms with Gasteiger partial charge in [-0.3, -0.25) is 0 Å². The average molecular weight is 510 g/mol. The van der Waals surface area contributed by atoms with Crippen molar-refractivity contribution in [3.63, 3.8) is 0 Å². The van der Waals surface area contributed by atoms with Crippen molar-refractivity contribution in [2.75, 3.05) is 0 Å². The van der Waals surface area contributed by atoms with Crippen LogP contribution >= 0.6 is 0 Å². The SMILES string of the molecule is c1ccc(-n2c3ccccc3c3c4cc(-c5ccc6c7c(cccc57)-c5ccccc5O6)ccc4ccc32)cc1. The van der Waals surface area contributed by atoms with Crippen LogP contribution < -0.4 is 4.74 Å². The second-order valence-electron chi connectivity index (χ2n) is 10.5. The van der Waals surface area contributed by atoms with E-state index in [4.69, 9.17) is 4.74 Å². The Morgan fingerprint density at radius 3 is 2.15 bits per heavy atom. The summed E-state index contributed by atoms with van der Waals surface area (Å²) in [5.41, 5.74) is 8.41. The summed E-state index contributed by atoms with van der Waals surface area (Å²) in [5, 5.41) is 7.46. The third-order valence-electron chi connectivity index (χ3n) is 8.38. The van der Waals surface area contributed by atoms with Gasteiger partial charge in [-0.25, -0.2) is 0 Å². The lowest BCUT2D eigenvalue weighted by molar-refractivity contribution is 0.487. The predicted octanol–water partition coefficient (Wildman–Crippen LogP) is 10.5. The molecule has 0 amide bonds. The number of fused-ring (bicyclic) bond motifs is 7. The molecule has 40 heavy (non-hydrogen) atoms. The second-order valence-corrected chi connectivity index (χ2v) is 10.5. The molecule has 0 spiro atoms. The van der Waals surface area contributed by atoms with Gasteiger partial charge >= 0.3 is 0 Å². The standard InChI is InChI=1S/C38H23NO/c1-2-9-26(10-3-1)39-33-15-6-4-12-31(33)37-32-23-25(18-17-24(32)19-21-34(37)39)27-20-22-36-38-29(27)13-8-14-30(38)28-11-5-7-16-35(28)40-36/h1-23H. The molecular formula is C38H23NO. The fourth-order valence-electron chi connectivity index (χ4n) is 6.64. The molecule has 0 radical (unpaired) electrons. The highest BCUT2D eigenvalue weighted by molar-refractivity contribution is 6.22. The van der Waals surface area contributed by atoms with Crippen LogP contribution in [0.2, 0.25) is 0 Å². The molecule has 2 heteroatoms. The number of para-hydroxylation sites is 3. The van der Waals surface area contributed by atoms with Crippen LogP contribution in [0.3, 0.4) is 0 Å². The Bertz CT molecular complexity index is 2290. The predicted molar refractivity (Wildman–Crippen MR) is 167 cm³/mol. The van der Waals surface area contributed by atoms with Gasteiger partial charge in [0.2, 0.25) is 0 Å². The molecule has 1 aromatic heterocycles. The van der Waals surface area contributed by atoms with Crippen LogP contribution in [-0.4, -0.2) is 4.57 Å². The number of benzene rings is 7. The topological polar surface area (TPSA) is 14.2 Å². The average Bonchev–Trinajstić information content (AvgIpc) is 3.36. The van der Waals surface area contributed by atoms with Gasteiger partial charge in [0.25, 0.3) is 0 Å². The molecule has 0 N–H and O–H groups in total. The number of rotatable bonds is 2. The molecule has 1 aliphatic rings. The summed E-state index contributed by atoms with van der Waals surface area (Å²) in [4.78, 5) is 0. The third-order valence-corrected chi connectivity index (χ3v) is 8.38. The molecular weight excluding hydrogens is 486 g/mol. The summed E-state index contributed by atoms with van der Waals surface area (Å²) in [6, 6.07) is 50.1. The van der Waals surface area contributed by atoms with Crippen molar-refractivity contribution < 1.29 is 4.74 Å². The first-order chi connectivity index (χ1) is 19.8. The van der Waals surface area contributed by atoms with E-state index in [0.29, 0.717) is 0 Å².